The lowest BCUT2D eigenvalue weighted by Crippen LogP contribution is -2.13. The third-order valence-corrected chi connectivity index (χ3v) is 3.88. The summed E-state index contributed by atoms with van der Waals surface area (Å²) in [5, 5.41) is 7.44. The Morgan fingerprint density at radius 1 is 1.27 bits per heavy atom. The molecule has 0 spiro atoms. The van der Waals surface area contributed by atoms with E-state index in [0.29, 0.717) is 5.69 Å². The van der Waals surface area contributed by atoms with Crippen molar-refractivity contribution in [2.75, 3.05) is 5.32 Å². The van der Waals surface area contributed by atoms with Gasteiger partial charge in [-0.15, -0.1) is 0 Å². The number of benzene rings is 1. The van der Waals surface area contributed by atoms with E-state index in [1.807, 2.05) is 48.9 Å². The molecule has 2 aromatic heterocycles. The fourth-order valence-corrected chi connectivity index (χ4v) is 2.67. The molecule has 2 N–H and O–H groups in total. The van der Waals surface area contributed by atoms with Gasteiger partial charge in [-0.3, -0.25) is 4.79 Å². The molecule has 0 saturated heterocycles. The number of aromatic nitrogens is 3. The number of aromatic amines is 1. The molecule has 1 amide bonds. The SMILES string of the molecule is Cc1nn(-c2ccccc2)c(C)c1NC(=O)c1cc(Br)c[nH]1. The van der Waals surface area contributed by atoms with Crippen LogP contribution in [0.25, 0.3) is 5.69 Å². The molecule has 0 atom stereocenters. The van der Waals surface area contributed by atoms with Gasteiger partial charge in [-0.05, 0) is 48.0 Å². The van der Waals surface area contributed by atoms with Gasteiger partial charge in [0, 0.05) is 10.7 Å². The van der Waals surface area contributed by atoms with E-state index >= 15 is 0 Å². The first-order valence-electron chi connectivity index (χ1n) is 6.83. The van der Waals surface area contributed by atoms with Crippen LogP contribution >= 0.6 is 15.9 Å². The van der Waals surface area contributed by atoms with E-state index in [2.05, 4.69) is 31.3 Å². The molecule has 22 heavy (non-hydrogen) atoms. The van der Waals surface area contributed by atoms with Crippen molar-refractivity contribution in [2.45, 2.75) is 13.8 Å². The van der Waals surface area contributed by atoms with Gasteiger partial charge < -0.3 is 10.3 Å². The first kappa shape index (κ1) is 14.6. The summed E-state index contributed by atoms with van der Waals surface area (Å²) in [6, 6.07) is 11.6. The van der Waals surface area contributed by atoms with E-state index < -0.39 is 0 Å². The van der Waals surface area contributed by atoms with E-state index in [-0.39, 0.29) is 5.91 Å². The molecule has 0 unspecified atom stereocenters. The number of hydrogen-bond acceptors (Lipinski definition) is 2. The number of nitrogens with zero attached hydrogens (tertiary/aromatic N) is 2. The molecule has 2 heterocycles. The van der Waals surface area contributed by atoms with Crippen molar-refractivity contribution >= 4 is 27.5 Å². The van der Waals surface area contributed by atoms with Crippen molar-refractivity contribution in [3.8, 4) is 5.69 Å². The van der Waals surface area contributed by atoms with Crippen LogP contribution in [0, 0.1) is 13.8 Å². The molecule has 112 valence electrons. The van der Waals surface area contributed by atoms with Crippen molar-refractivity contribution in [3.05, 3.63) is 64.1 Å². The van der Waals surface area contributed by atoms with E-state index in [4.69, 9.17) is 0 Å². The lowest BCUT2D eigenvalue weighted by atomic mass is 10.2. The highest BCUT2D eigenvalue weighted by molar-refractivity contribution is 9.10. The third-order valence-electron chi connectivity index (χ3n) is 3.42. The Hall–Kier alpha value is -2.34. The second kappa shape index (κ2) is 5.81. The summed E-state index contributed by atoms with van der Waals surface area (Å²) in [5.74, 6) is -0.190. The largest absolute Gasteiger partial charge is 0.356 e. The van der Waals surface area contributed by atoms with Gasteiger partial charge in [0.15, 0.2) is 0 Å². The van der Waals surface area contributed by atoms with Crippen LogP contribution in [0.2, 0.25) is 0 Å². The summed E-state index contributed by atoms with van der Waals surface area (Å²) in [5.41, 5.74) is 3.87. The Kier molecular flexibility index (Phi) is 3.85. The van der Waals surface area contributed by atoms with Crippen molar-refractivity contribution in [3.63, 3.8) is 0 Å². The molecule has 0 aliphatic heterocycles. The molecule has 0 fully saturated rings. The van der Waals surface area contributed by atoms with Crippen LogP contribution in [0.4, 0.5) is 5.69 Å². The van der Waals surface area contributed by atoms with E-state index in [0.717, 1.165) is 27.2 Å². The van der Waals surface area contributed by atoms with Gasteiger partial charge in [-0.2, -0.15) is 5.10 Å². The minimum atomic E-state index is -0.190. The Balaban J connectivity index is 1.92. The smallest absolute Gasteiger partial charge is 0.272 e. The zero-order valence-electron chi connectivity index (χ0n) is 12.2. The maximum absolute atomic E-state index is 12.3. The average Bonchev–Trinajstić information content (AvgIpc) is 3.07. The van der Waals surface area contributed by atoms with Crippen LogP contribution in [-0.4, -0.2) is 20.7 Å². The summed E-state index contributed by atoms with van der Waals surface area (Å²) < 4.78 is 2.67. The number of rotatable bonds is 3. The van der Waals surface area contributed by atoms with E-state index in [9.17, 15) is 4.79 Å². The molecule has 0 bridgehead atoms. The van der Waals surface area contributed by atoms with Crippen molar-refractivity contribution in [1.29, 1.82) is 0 Å². The molecular formula is C16H15BrN4O. The first-order chi connectivity index (χ1) is 10.6. The van der Waals surface area contributed by atoms with Gasteiger partial charge in [0.25, 0.3) is 5.91 Å². The molecule has 3 aromatic rings. The topological polar surface area (TPSA) is 62.7 Å². The number of anilines is 1. The maximum atomic E-state index is 12.3. The van der Waals surface area contributed by atoms with Crippen molar-refractivity contribution in [2.24, 2.45) is 0 Å². The van der Waals surface area contributed by atoms with Crippen LogP contribution in [0.5, 0.6) is 0 Å². The number of carbonyl (C=O) groups is 1. The lowest BCUT2D eigenvalue weighted by molar-refractivity contribution is 0.102. The lowest BCUT2D eigenvalue weighted by Gasteiger charge is -2.06. The minimum Gasteiger partial charge on any atom is -0.356 e. The number of amides is 1. The predicted molar refractivity (Wildman–Crippen MR) is 89.5 cm³/mol. The highest BCUT2D eigenvalue weighted by Gasteiger charge is 2.16. The maximum Gasteiger partial charge on any atom is 0.272 e. The summed E-state index contributed by atoms with van der Waals surface area (Å²) in [6.45, 7) is 3.82. The van der Waals surface area contributed by atoms with Crippen LogP contribution < -0.4 is 5.32 Å². The molecule has 0 aliphatic rings. The second-order valence-electron chi connectivity index (χ2n) is 4.98. The zero-order valence-corrected chi connectivity index (χ0v) is 13.8. The number of halogens is 1. The first-order valence-corrected chi connectivity index (χ1v) is 7.62. The third kappa shape index (κ3) is 2.69. The quantitative estimate of drug-likeness (QED) is 0.747. The highest BCUT2D eigenvalue weighted by Crippen LogP contribution is 2.23. The second-order valence-corrected chi connectivity index (χ2v) is 5.89. The zero-order chi connectivity index (χ0) is 15.7. The normalized spacial score (nSPS) is 10.7. The van der Waals surface area contributed by atoms with Gasteiger partial charge in [-0.1, -0.05) is 18.2 Å². The van der Waals surface area contributed by atoms with E-state index in [1.165, 1.54) is 0 Å². The number of H-pyrrole nitrogens is 1. The van der Waals surface area contributed by atoms with Crippen LogP contribution in [0.3, 0.4) is 0 Å². The molecule has 0 radical (unpaired) electrons. The average molecular weight is 359 g/mol. The van der Waals surface area contributed by atoms with Crippen LogP contribution in [0.1, 0.15) is 21.9 Å². The summed E-state index contributed by atoms with van der Waals surface area (Å²) >= 11 is 3.32. The number of nitrogens with one attached hydrogen (secondary N) is 2. The Morgan fingerprint density at radius 3 is 2.64 bits per heavy atom. The molecule has 5 nitrogen and oxygen atoms in total. The van der Waals surface area contributed by atoms with Gasteiger partial charge in [-0.25, -0.2) is 4.68 Å². The molecule has 0 aliphatic carbocycles. The minimum absolute atomic E-state index is 0.190. The monoisotopic (exact) mass is 358 g/mol. The van der Waals surface area contributed by atoms with Gasteiger partial charge >= 0.3 is 0 Å². The number of para-hydroxylation sites is 1. The van der Waals surface area contributed by atoms with Crippen molar-refractivity contribution in [1.82, 2.24) is 14.8 Å². The van der Waals surface area contributed by atoms with Gasteiger partial charge in [0.05, 0.1) is 22.8 Å². The van der Waals surface area contributed by atoms with Crippen molar-refractivity contribution < 1.29 is 4.79 Å². The van der Waals surface area contributed by atoms with Crippen LogP contribution in [0.15, 0.2) is 47.1 Å². The number of aryl methyl sites for hydroxylation is 1. The molecule has 3 rings (SSSR count). The van der Waals surface area contributed by atoms with Gasteiger partial charge in [0.1, 0.15) is 5.69 Å². The Labute approximate surface area is 136 Å². The van der Waals surface area contributed by atoms with Gasteiger partial charge in [0.2, 0.25) is 0 Å². The number of hydrogen-bond donors (Lipinski definition) is 2. The summed E-state index contributed by atoms with van der Waals surface area (Å²) in [4.78, 5) is 15.2. The van der Waals surface area contributed by atoms with Crippen LogP contribution in [-0.2, 0) is 0 Å². The Morgan fingerprint density at radius 2 is 2.00 bits per heavy atom. The van der Waals surface area contributed by atoms with E-state index in [1.54, 1.807) is 12.3 Å². The Bertz CT molecular complexity index is 820. The summed E-state index contributed by atoms with van der Waals surface area (Å²) in [6.07, 6.45) is 1.72. The molecular weight excluding hydrogens is 344 g/mol. The number of carbonyl (C=O) groups excluding carboxylic acids is 1. The fraction of sp³-hybridized carbons (Fsp3) is 0.125. The molecule has 1 aromatic carbocycles. The molecule has 0 saturated carbocycles. The standard InChI is InChI=1S/C16H15BrN4O/c1-10-15(19-16(22)14-8-12(17)9-18-14)11(2)21(20-10)13-6-4-3-5-7-13/h3-9,18H,1-2H3,(H,19,22). The fourth-order valence-electron chi connectivity index (χ4n) is 2.32. The summed E-state index contributed by atoms with van der Waals surface area (Å²) in [7, 11) is 0. The highest BCUT2D eigenvalue weighted by atomic mass is 79.9. The predicted octanol–water partition coefficient (Wildman–Crippen LogP) is 3.83. The molecule has 6 heteroatoms.